The number of halogens is 1. The van der Waals surface area contributed by atoms with Crippen molar-refractivity contribution in [3.05, 3.63) is 29.6 Å². The van der Waals surface area contributed by atoms with Gasteiger partial charge in [-0.3, -0.25) is 4.79 Å². The topological polar surface area (TPSA) is 80.7 Å². The lowest BCUT2D eigenvalue weighted by Crippen LogP contribution is -2.27. The summed E-state index contributed by atoms with van der Waals surface area (Å²) in [6, 6.07) is 4.23. The third-order valence-electron chi connectivity index (χ3n) is 3.85. The normalized spacial score (nSPS) is 21.9. The molecule has 1 fully saturated rings. The lowest BCUT2D eigenvalue weighted by molar-refractivity contribution is -0.143. The van der Waals surface area contributed by atoms with Gasteiger partial charge in [0.2, 0.25) is 0 Å². The van der Waals surface area contributed by atoms with Crippen LogP contribution in [0.25, 0.3) is 0 Å². The average Bonchev–Trinajstić information content (AvgIpc) is 2.76. The van der Waals surface area contributed by atoms with Gasteiger partial charge in [0.15, 0.2) is 9.84 Å². The van der Waals surface area contributed by atoms with Crippen molar-refractivity contribution in [2.75, 3.05) is 18.6 Å². The monoisotopic (exact) mass is 316 g/mol. The zero-order valence-corrected chi connectivity index (χ0v) is 12.4. The molecule has 2 atom stereocenters. The predicted molar refractivity (Wildman–Crippen MR) is 74.5 cm³/mol. The van der Waals surface area contributed by atoms with E-state index < -0.39 is 33.5 Å². The molecule has 116 valence electrons. The largest absolute Gasteiger partial charge is 0.497 e. The van der Waals surface area contributed by atoms with Gasteiger partial charge in [0, 0.05) is 6.07 Å². The van der Waals surface area contributed by atoms with E-state index in [2.05, 4.69) is 0 Å². The molecule has 0 bridgehead atoms. The number of methoxy groups -OCH3 is 1. The summed E-state index contributed by atoms with van der Waals surface area (Å²) in [5.74, 6) is -2.77. The Kier molecular flexibility index (Phi) is 4.51. The zero-order valence-electron chi connectivity index (χ0n) is 11.6. The van der Waals surface area contributed by atoms with Crippen LogP contribution in [-0.4, -0.2) is 38.1 Å². The standard InChI is InChI=1S/C14H17FO5S/c1-20-11-3-2-9(13(15)7-11)6-12(14(16)17)10-4-5-21(18,19)8-10/h2-3,7,10,12H,4-6,8H2,1H3,(H,16,17). The van der Waals surface area contributed by atoms with E-state index in [0.717, 1.165) is 0 Å². The molecule has 0 saturated carbocycles. The molecule has 1 aromatic carbocycles. The summed E-state index contributed by atoms with van der Waals surface area (Å²) < 4.78 is 41.8. The highest BCUT2D eigenvalue weighted by Gasteiger charge is 2.37. The Labute approximate surface area is 122 Å². The van der Waals surface area contributed by atoms with Gasteiger partial charge < -0.3 is 9.84 Å². The van der Waals surface area contributed by atoms with Gasteiger partial charge >= 0.3 is 5.97 Å². The number of carboxylic acids is 1. The van der Waals surface area contributed by atoms with Crippen molar-refractivity contribution in [3.8, 4) is 5.75 Å². The first-order valence-corrected chi connectivity index (χ1v) is 8.40. The van der Waals surface area contributed by atoms with E-state index in [0.29, 0.717) is 12.2 Å². The van der Waals surface area contributed by atoms with Gasteiger partial charge in [0.1, 0.15) is 11.6 Å². The molecule has 0 radical (unpaired) electrons. The third-order valence-corrected chi connectivity index (χ3v) is 5.65. The molecule has 0 aliphatic carbocycles. The van der Waals surface area contributed by atoms with E-state index in [4.69, 9.17) is 4.74 Å². The molecule has 1 aromatic rings. The van der Waals surface area contributed by atoms with Gasteiger partial charge in [0.25, 0.3) is 0 Å². The highest BCUT2D eigenvalue weighted by molar-refractivity contribution is 7.91. The van der Waals surface area contributed by atoms with Crippen LogP contribution in [-0.2, 0) is 21.1 Å². The summed E-state index contributed by atoms with van der Waals surface area (Å²) in [6.07, 6.45) is 0.294. The van der Waals surface area contributed by atoms with Gasteiger partial charge in [0.05, 0.1) is 24.5 Å². The lowest BCUT2D eigenvalue weighted by atomic mass is 9.86. The maximum Gasteiger partial charge on any atom is 0.307 e. The lowest BCUT2D eigenvalue weighted by Gasteiger charge is -2.18. The third kappa shape index (κ3) is 3.72. The minimum atomic E-state index is -3.16. The fourth-order valence-electron chi connectivity index (χ4n) is 2.65. The molecule has 2 rings (SSSR count). The Morgan fingerprint density at radius 3 is 2.71 bits per heavy atom. The molecular weight excluding hydrogens is 299 g/mol. The number of hydrogen-bond donors (Lipinski definition) is 1. The molecule has 2 unspecified atom stereocenters. The Bertz CT molecular complexity index is 641. The molecule has 5 nitrogen and oxygen atoms in total. The quantitative estimate of drug-likeness (QED) is 0.890. The van der Waals surface area contributed by atoms with Gasteiger partial charge in [-0.25, -0.2) is 12.8 Å². The smallest absolute Gasteiger partial charge is 0.307 e. The van der Waals surface area contributed by atoms with Crippen molar-refractivity contribution in [1.29, 1.82) is 0 Å². The molecule has 7 heteroatoms. The molecule has 1 heterocycles. The van der Waals surface area contributed by atoms with Crippen LogP contribution in [0.2, 0.25) is 0 Å². The highest BCUT2D eigenvalue weighted by atomic mass is 32.2. The van der Waals surface area contributed by atoms with Gasteiger partial charge in [-0.05, 0) is 30.4 Å². The Hall–Kier alpha value is -1.63. The molecule has 0 aromatic heterocycles. The van der Waals surface area contributed by atoms with Crippen LogP contribution >= 0.6 is 0 Å². The molecule has 1 aliphatic rings. The zero-order chi connectivity index (χ0) is 15.6. The molecule has 1 aliphatic heterocycles. The molecule has 1 N–H and O–H groups in total. The number of sulfone groups is 1. The van der Waals surface area contributed by atoms with Crippen molar-refractivity contribution in [3.63, 3.8) is 0 Å². The van der Waals surface area contributed by atoms with E-state index in [9.17, 15) is 22.7 Å². The van der Waals surface area contributed by atoms with Crippen LogP contribution in [0.5, 0.6) is 5.75 Å². The average molecular weight is 316 g/mol. The number of benzene rings is 1. The SMILES string of the molecule is COc1ccc(CC(C(=O)O)C2CCS(=O)(=O)C2)c(F)c1. The second-order valence-electron chi connectivity index (χ2n) is 5.27. The predicted octanol–water partition coefficient (Wildman–Crippen LogP) is 1.51. The highest BCUT2D eigenvalue weighted by Crippen LogP contribution is 2.30. The first-order chi connectivity index (χ1) is 9.82. The van der Waals surface area contributed by atoms with Crippen LogP contribution in [0.4, 0.5) is 4.39 Å². The van der Waals surface area contributed by atoms with Crippen LogP contribution in [0.15, 0.2) is 18.2 Å². The van der Waals surface area contributed by atoms with Crippen LogP contribution in [0, 0.1) is 17.7 Å². The maximum absolute atomic E-state index is 13.9. The number of carboxylic acid groups (broad SMARTS) is 1. The molecule has 21 heavy (non-hydrogen) atoms. The second kappa shape index (κ2) is 6.01. The van der Waals surface area contributed by atoms with Crippen LogP contribution in [0.1, 0.15) is 12.0 Å². The van der Waals surface area contributed by atoms with Crippen molar-refractivity contribution in [2.45, 2.75) is 12.8 Å². The van der Waals surface area contributed by atoms with Crippen molar-refractivity contribution in [2.24, 2.45) is 11.8 Å². The number of hydrogen-bond acceptors (Lipinski definition) is 4. The number of rotatable bonds is 5. The Morgan fingerprint density at radius 1 is 1.52 bits per heavy atom. The minimum absolute atomic E-state index is 0.00649. The van der Waals surface area contributed by atoms with Crippen molar-refractivity contribution < 1.29 is 27.4 Å². The summed E-state index contributed by atoms with van der Waals surface area (Å²) in [6.45, 7) is 0. The number of carbonyl (C=O) groups is 1. The Morgan fingerprint density at radius 2 is 2.24 bits per heavy atom. The summed E-state index contributed by atoms with van der Waals surface area (Å²) in [7, 11) is -1.75. The fourth-order valence-corrected chi connectivity index (χ4v) is 4.53. The van der Waals surface area contributed by atoms with E-state index in [1.54, 1.807) is 6.07 Å². The maximum atomic E-state index is 13.9. The summed E-state index contributed by atoms with van der Waals surface area (Å²) in [5, 5.41) is 9.31. The van der Waals surface area contributed by atoms with Crippen molar-refractivity contribution in [1.82, 2.24) is 0 Å². The number of aliphatic carboxylic acids is 1. The van der Waals surface area contributed by atoms with E-state index in [-0.39, 0.29) is 23.5 Å². The first-order valence-electron chi connectivity index (χ1n) is 6.58. The molecule has 0 spiro atoms. The minimum Gasteiger partial charge on any atom is -0.497 e. The molecule has 0 amide bonds. The van der Waals surface area contributed by atoms with Gasteiger partial charge in [-0.1, -0.05) is 6.07 Å². The van der Waals surface area contributed by atoms with E-state index in [1.807, 2.05) is 0 Å². The summed E-state index contributed by atoms with van der Waals surface area (Å²) in [4.78, 5) is 11.4. The molecular formula is C14H17FO5S. The fraction of sp³-hybridized carbons (Fsp3) is 0.500. The van der Waals surface area contributed by atoms with Crippen LogP contribution in [0.3, 0.4) is 0 Å². The molecule has 1 saturated heterocycles. The first kappa shape index (κ1) is 15.8. The van der Waals surface area contributed by atoms with Gasteiger partial charge in [-0.2, -0.15) is 0 Å². The number of ether oxygens (including phenoxy) is 1. The second-order valence-corrected chi connectivity index (χ2v) is 7.50. The van der Waals surface area contributed by atoms with Crippen LogP contribution < -0.4 is 4.74 Å². The Balaban J connectivity index is 2.19. The van der Waals surface area contributed by atoms with E-state index >= 15 is 0 Å². The van der Waals surface area contributed by atoms with Gasteiger partial charge in [-0.15, -0.1) is 0 Å². The summed E-state index contributed by atoms with van der Waals surface area (Å²) >= 11 is 0. The summed E-state index contributed by atoms with van der Waals surface area (Å²) in [5.41, 5.74) is 0.257. The van der Waals surface area contributed by atoms with E-state index in [1.165, 1.54) is 19.2 Å². The van der Waals surface area contributed by atoms with Crippen molar-refractivity contribution >= 4 is 15.8 Å².